The highest BCUT2D eigenvalue weighted by molar-refractivity contribution is 5.77. The zero-order chi connectivity index (χ0) is 14.1. The molecule has 0 N–H and O–H groups in total. The number of likely N-dealkylation sites (N-methyl/N-ethyl adjacent to an activating group) is 1. The van der Waals surface area contributed by atoms with Crippen LogP contribution in [-0.2, 0) is 4.79 Å². The molecule has 0 radical (unpaired) electrons. The first-order valence-corrected chi connectivity index (χ1v) is 6.77. The lowest BCUT2D eigenvalue weighted by Crippen LogP contribution is -2.32. The second kappa shape index (κ2) is 8.40. The van der Waals surface area contributed by atoms with Crippen molar-refractivity contribution < 1.29 is 14.3 Å². The van der Waals surface area contributed by atoms with E-state index in [1.807, 2.05) is 31.2 Å². The van der Waals surface area contributed by atoms with E-state index in [9.17, 15) is 4.79 Å². The average molecular weight is 265 g/mol. The summed E-state index contributed by atoms with van der Waals surface area (Å²) in [5.74, 6) is 1.49. The molecular weight excluding hydrogens is 242 g/mol. The first-order valence-electron chi connectivity index (χ1n) is 6.77. The molecule has 0 aliphatic heterocycles. The van der Waals surface area contributed by atoms with Gasteiger partial charge in [0, 0.05) is 13.6 Å². The van der Waals surface area contributed by atoms with Crippen molar-refractivity contribution in [1.82, 2.24) is 4.90 Å². The fourth-order valence-corrected chi connectivity index (χ4v) is 1.57. The van der Waals surface area contributed by atoms with Gasteiger partial charge in [-0.25, -0.2) is 0 Å². The fourth-order valence-electron chi connectivity index (χ4n) is 1.57. The highest BCUT2D eigenvalue weighted by Gasteiger charge is 2.08. The molecule has 0 bridgehead atoms. The Morgan fingerprint density at radius 2 is 1.68 bits per heavy atom. The van der Waals surface area contributed by atoms with Crippen molar-refractivity contribution in [2.24, 2.45) is 0 Å². The van der Waals surface area contributed by atoms with E-state index in [1.165, 1.54) is 0 Å². The Hall–Kier alpha value is -1.71. The van der Waals surface area contributed by atoms with Crippen molar-refractivity contribution in [3.05, 3.63) is 24.3 Å². The average Bonchev–Trinajstić information content (AvgIpc) is 2.44. The van der Waals surface area contributed by atoms with Gasteiger partial charge < -0.3 is 14.4 Å². The van der Waals surface area contributed by atoms with Gasteiger partial charge in [0.1, 0.15) is 11.5 Å². The Morgan fingerprint density at radius 3 is 2.21 bits per heavy atom. The van der Waals surface area contributed by atoms with E-state index in [1.54, 1.807) is 11.9 Å². The van der Waals surface area contributed by atoms with Crippen LogP contribution >= 0.6 is 0 Å². The van der Waals surface area contributed by atoms with Crippen molar-refractivity contribution in [2.75, 3.05) is 26.8 Å². The summed E-state index contributed by atoms with van der Waals surface area (Å²) in [6.45, 7) is 5.54. The van der Waals surface area contributed by atoms with Crippen LogP contribution in [-0.4, -0.2) is 37.6 Å². The molecule has 0 fully saturated rings. The molecule has 0 saturated carbocycles. The lowest BCUT2D eigenvalue weighted by molar-refractivity contribution is -0.132. The molecule has 0 unspecified atom stereocenters. The highest BCUT2D eigenvalue weighted by Crippen LogP contribution is 2.17. The van der Waals surface area contributed by atoms with Gasteiger partial charge in [0.05, 0.1) is 6.61 Å². The molecule has 1 amide bonds. The maximum Gasteiger partial charge on any atom is 0.260 e. The third-order valence-corrected chi connectivity index (χ3v) is 2.77. The second-order valence-corrected chi connectivity index (χ2v) is 4.36. The summed E-state index contributed by atoms with van der Waals surface area (Å²) in [7, 11) is 1.81. The van der Waals surface area contributed by atoms with Crippen LogP contribution in [0.15, 0.2) is 24.3 Å². The number of nitrogens with zero attached hydrogens (tertiary/aromatic N) is 1. The van der Waals surface area contributed by atoms with Crippen LogP contribution in [0.5, 0.6) is 11.5 Å². The number of ether oxygens (including phenoxy) is 2. The predicted octanol–water partition coefficient (Wildman–Crippen LogP) is 2.72. The Kier molecular flexibility index (Phi) is 6.79. The van der Waals surface area contributed by atoms with Gasteiger partial charge >= 0.3 is 0 Å². The molecular formula is C15H23NO3. The SMILES string of the molecule is CCCCN(C)C(=O)COc1ccc(OCC)cc1. The minimum Gasteiger partial charge on any atom is -0.494 e. The van der Waals surface area contributed by atoms with Gasteiger partial charge in [0.15, 0.2) is 6.61 Å². The number of carbonyl (C=O) groups is 1. The Bertz CT molecular complexity index is 375. The van der Waals surface area contributed by atoms with Crippen LogP contribution in [0.4, 0.5) is 0 Å². The smallest absolute Gasteiger partial charge is 0.260 e. The standard InChI is InChI=1S/C15H23NO3/c1-4-6-11-16(3)15(17)12-19-14-9-7-13(8-10-14)18-5-2/h7-10H,4-6,11-12H2,1-3H3. The van der Waals surface area contributed by atoms with E-state index in [0.717, 1.165) is 25.1 Å². The normalized spacial score (nSPS) is 10.1. The van der Waals surface area contributed by atoms with Gasteiger partial charge in [0.25, 0.3) is 5.91 Å². The van der Waals surface area contributed by atoms with E-state index < -0.39 is 0 Å². The van der Waals surface area contributed by atoms with Crippen molar-refractivity contribution in [1.29, 1.82) is 0 Å². The van der Waals surface area contributed by atoms with Crippen LogP contribution in [0.25, 0.3) is 0 Å². The molecule has 4 heteroatoms. The van der Waals surface area contributed by atoms with Gasteiger partial charge in [-0.3, -0.25) is 4.79 Å². The number of unbranched alkanes of at least 4 members (excludes halogenated alkanes) is 1. The fraction of sp³-hybridized carbons (Fsp3) is 0.533. The molecule has 19 heavy (non-hydrogen) atoms. The lowest BCUT2D eigenvalue weighted by atomic mass is 10.3. The van der Waals surface area contributed by atoms with E-state index >= 15 is 0 Å². The second-order valence-electron chi connectivity index (χ2n) is 4.36. The van der Waals surface area contributed by atoms with E-state index in [-0.39, 0.29) is 12.5 Å². The zero-order valence-electron chi connectivity index (χ0n) is 12.0. The first kappa shape index (κ1) is 15.3. The van der Waals surface area contributed by atoms with Gasteiger partial charge in [-0.15, -0.1) is 0 Å². The van der Waals surface area contributed by atoms with Gasteiger partial charge in [-0.2, -0.15) is 0 Å². The zero-order valence-corrected chi connectivity index (χ0v) is 12.0. The molecule has 0 aromatic heterocycles. The van der Waals surface area contributed by atoms with Crippen molar-refractivity contribution in [3.63, 3.8) is 0 Å². The van der Waals surface area contributed by atoms with Crippen LogP contribution in [0.2, 0.25) is 0 Å². The number of hydrogen-bond acceptors (Lipinski definition) is 3. The van der Waals surface area contributed by atoms with E-state index in [0.29, 0.717) is 12.4 Å². The number of benzene rings is 1. The van der Waals surface area contributed by atoms with E-state index in [2.05, 4.69) is 6.92 Å². The molecule has 0 heterocycles. The van der Waals surface area contributed by atoms with Crippen LogP contribution in [0, 0.1) is 0 Å². The van der Waals surface area contributed by atoms with Crippen LogP contribution < -0.4 is 9.47 Å². The topological polar surface area (TPSA) is 38.8 Å². The monoisotopic (exact) mass is 265 g/mol. The molecule has 4 nitrogen and oxygen atoms in total. The maximum atomic E-state index is 11.8. The number of carbonyl (C=O) groups excluding carboxylic acids is 1. The third-order valence-electron chi connectivity index (χ3n) is 2.77. The molecule has 1 aromatic rings. The third kappa shape index (κ3) is 5.64. The quantitative estimate of drug-likeness (QED) is 0.725. The van der Waals surface area contributed by atoms with Crippen LogP contribution in [0.3, 0.4) is 0 Å². The van der Waals surface area contributed by atoms with Gasteiger partial charge in [-0.05, 0) is 37.6 Å². The molecule has 0 spiro atoms. The molecule has 1 aromatic carbocycles. The van der Waals surface area contributed by atoms with Gasteiger partial charge in [0.2, 0.25) is 0 Å². The summed E-state index contributed by atoms with van der Waals surface area (Å²) >= 11 is 0. The molecule has 106 valence electrons. The summed E-state index contributed by atoms with van der Waals surface area (Å²) in [5, 5.41) is 0. The van der Waals surface area contributed by atoms with E-state index in [4.69, 9.17) is 9.47 Å². The summed E-state index contributed by atoms with van der Waals surface area (Å²) in [6, 6.07) is 7.29. The number of amides is 1. The van der Waals surface area contributed by atoms with Crippen molar-refractivity contribution >= 4 is 5.91 Å². The minimum atomic E-state index is 0.00216. The van der Waals surface area contributed by atoms with Gasteiger partial charge in [-0.1, -0.05) is 13.3 Å². The minimum absolute atomic E-state index is 0.00216. The Labute approximate surface area is 115 Å². The summed E-state index contributed by atoms with van der Waals surface area (Å²) in [4.78, 5) is 13.5. The number of hydrogen-bond donors (Lipinski definition) is 0. The maximum absolute atomic E-state index is 11.8. The molecule has 0 aliphatic rings. The molecule has 0 saturated heterocycles. The largest absolute Gasteiger partial charge is 0.494 e. The predicted molar refractivity (Wildman–Crippen MR) is 75.7 cm³/mol. The van der Waals surface area contributed by atoms with Crippen molar-refractivity contribution in [2.45, 2.75) is 26.7 Å². The van der Waals surface area contributed by atoms with Crippen molar-refractivity contribution in [3.8, 4) is 11.5 Å². The highest BCUT2D eigenvalue weighted by atomic mass is 16.5. The number of rotatable bonds is 8. The summed E-state index contributed by atoms with van der Waals surface area (Å²) < 4.78 is 10.8. The summed E-state index contributed by atoms with van der Waals surface area (Å²) in [5.41, 5.74) is 0. The molecule has 1 rings (SSSR count). The Morgan fingerprint density at radius 1 is 1.11 bits per heavy atom. The van der Waals surface area contributed by atoms with Crippen LogP contribution in [0.1, 0.15) is 26.7 Å². The lowest BCUT2D eigenvalue weighted by Gasteiger charge is -2.17. The molecule has 0 atom stereocenters. The Balaban J connectivity index is 2.37. The molecule has 0 aliphatic carbocycles. The summed E-state index contributed by atoms with van der Waals surface area (Å²) in [6.07, 6.45) is 2.10. The first-order chi connectivity index (χ1) is 9.17.